The van der Waals surface area contributed by atoms with Crippen molar-refractivity contribution >= 4 is 37.7 Å². The molecule has 0 spiro atoms. The van der Waals surface area contributed by atoms with Crippen LogP contribution in [-0.4, -0.2) is 42.8 Å². The molecule has 1 aromatic rings. The van der Waals surface area contributed by atoms with Gasteiger partial charge in [-0.25, -0.2) is 0 Å². The first-order valence-electron chi connectivity index (χ1n) is 3.80. The fourth-order valence-corrected chi connectivity index (χ4v) is 1.11. The summed E-state index contributed by atoms with van der Waals surface area (Å²) >= 11 is 0. The maximum atomic E-state index is 9.45. The zero-order valence-corrected chi connectivity index (χ0v) is 7.26. The summed E-state index contributed by atoms with van der Waals surface area (Å²) in [4.78, 5) is 0. The Morgan fingerprint density at radius 3 is 1.92 bits per heavy atom. The molecule has 1 rings (SSSR count). The molecule has 0 saturated heterocycles. The molecule has 0 amide bonds. The molecule has 0 atom stereocenters. The van der Waals surface area contributed by atoms with Gasteiger partial charge < -0.3 is 5.11 Å². The number of phenolic OH excluding ortho intramolecular Hbond substituents is 1. The van der Waals surface area contributed by atoms with E-state index in [0.29, 0.717) is 5.75 Å². The summed E-state index contributed by atoms with van der Waals surface area (Å²) in [5.74, 6) is 0.389. The van der Waals surface area contributed by atoms with Gasteiger partial charge in [0.1, 0.15) is 5.75 Å². The monoisotopic (exact) mass is 192 g/mol. The van der Waals surface area contributed by atoms with E-state index in [1.807, 2.05) is 18.2 Å². The summed E-state index contributed by atoms with van der Waals surface area (Å²) in [5, 5.41) is 9.45. The van der Waals surface area contributed by atoms with Crippen molar-refractivity contribution in [3.8, 4) is 5.75 Å². The number of phenols is 1. The van der Waals surface area contributed by atoms with E-state index in [0.717, 1.165) is 5.56 Å². The normalized spacial score (nSPS) is 10.6. The molecule has 1 nitrogen and oxygen atoms in total. The van der Waals surface area contributed by atoms with Gasteiger partial charge in [-0.15, -0.1) is 0 Å². The van der Waals surface area contributed by atoms with E-state index in [1.165, 1.54) is 0 Å². The second kappa shape index (κ2) is 4.50. The van der Waals surface area contributed by atoms with Gasteiger partial charge in [-0.05, 0) is 17.0 Å². The minimum absolute atomic E-state index is 0. The summed E-state index contributed by atoms with van der Waals surface area (Å²) in [6.45, 7) is 6.26. The molecule has 64 valence electrons. The summed E-state index contributed by atoms with van der Waals surface area (Å²) in [6, 6.07) is 7.46. The Kier molecular flexibility index (Phi) is 4.60. The number of hydrogen-bond acceptors (Lipinski definition) is 1. The molecule has 0 fully saturated rings. The molecule has 0 aromatic heterocycles. The average Bonchev–Trinajstić information content (AvgIpc) is 1.86. The fraction of sp³-hybridized carbons (Fsp3) is 0.400. The molecule has 2 heteroatoms. The van der Waals surface area contributed by atoms with Gasteiger partial charge in [0.2, 0.25) is 0 Å². The fourth-order valence-electron chi connectivity index (χ4n) is 1.11. The van der Waals surface area contributed by atoms with Crippen LogP contribution in [0.25, 0.3) is 0 Å². The molecule has 0 aliphatic rings. The van der Waals surface area contributed by atoms with Gasteiger partial charge in [-0.1, -0.05) is 39.0 Å². The van der Waals surface area contributed by atoms with Crippen LogP contribution in [0.2, 0.25) is 0 Å². The molecule has 1 aromatic carbocycles. The maximum absolute atomic E-state index is 9.45. The Hall–Kier alpha value is 0.280. The van der Waals surface area contributed by atoms with Gasteiger partial charge in [0.15, 0.2) is 0 Å². The van der Waals surface area contributed by atoms with Crippen LogP contribution in [0.1, 0.15) is 26.3 Å². The Balaban J connectivity index is 0.00000121. The molecule has 0 unspecified atom stereocenters. The van der Waals surface area contributed by atoms with Crippen LogP contribution in [0.4, 0.5) is 0 Å². The van der Waals surface area contributed by atoms with Crippen LogP contribution >= 0.6 is 0 Å². The third kappa shape index (κ3) is 2.96. The Labute approximate surface area is 104 Å². The Bertz CT molecular complexity index is 250. The average molecular weight is 192 g/mol. The van der Waals surface area contributed by atoms with E-state index in [2.05, 4.69) is 20.8 Å². The zero-order valence-electron chi connectivity index (χ0n) is 7.26. The van der Waals surface area contributed by atoms with Crippen molar-refractivity contribution < 1.29 is 5.11 Å². The molecule has 1 N–H and O–H groups in total. The predicted molar refractivity (Wildman–Crippen MR) is 55.4 cm³/mol. The molecule has 0 heterocycles. The quantitative estimate of drug-likeness (QED) is 0.621. The van der Waals surface area contributed by atoms with E-state index in [4.69, 9.17) is 0 Å². The van der Waals surface area contributed by atoms with Crippen molar-refractivity contribution in [2.75, 3.05) is 0 Å². The van der Waals surface area contributed by atoms with Crippen molar-refractivity contribution in [2.24, 2.45) is 0 Å². The van der Waals surface area contributed by atoms with Crippen LogP contribution in [0, 0.1) is 0 Å². The van der Waals surface area contributed by atoms with E-state index in [1.54, 1.807) is 6.07 Å². The van der Waals surface area contributed by atoms with E-state index in [-0.39, 0.29) is 43.2 Å². The van der Waals surface area contributed by atoms with Crippen molar-refractivity contribution in [1.29, 1.82) is 0 Å². The first kappa shape index (κ1) is 12.3. The van der Waals surface area contributed by atoms with E-state index < -0.39 is 0 Å². The first-order valence-corrected chi connectivity index (χ1v) is 3.80. The second-order valence-electron chi connectivity index (χ2n) is 3.77. The number of hydrogen-bond donors (Lipinski definition) is 1. The molecule has 0 bridgehead atoms. The van der Waals surface area contributed by atoms with Gasteiger partial charge in [0, 0.05) is 0 Å². The SMILES string of the molecule is CC(C)(C)c1ccccc1O.[CaH2]. The van der Waals surface area contributed by atoms with Crippen molar-refractivity contribution in [2.45, 2.75) is 26.2 Å². The standard InChI is InChI=1S/C10H14O.Ca.2H/c1-10(2,3)8-6-4-5-7-9(8)11;;;/h4-7,11H,1-3H3;;;. The molecular formula is C10H16CaO. The van der Waals surface area contributed by atoms with Crippen molar-refractivity contribution in [3.63, 3.8) is 0 Å². The van der Waals surface area contributed by atoms with Crippen molar-refractivity contribution in [1.82, 2.24) is 0 Å². The summed E-state index contributed by atoms with van der Waals surface area (Å²) in [5.41, 5.74) is 1.03. The van der Waals surface area contributed by atoms with Crippen LogP contribution in [0.3, 0.4) is 0 Å². The Morgan fingerprint density at radius 2 is 1.58 bits per heavy atom. The Morgan fingerprint density at radius 1 is 1.08 bits per heavy atom. The van der Waals surface area contributed by atoms with Crippen LogP contribution in [0.5, 0.6) is 5.75 Å². The van der Waals surface area contributed by atoms with Gasteiger partial charge in [-0.3, -0.25) is 0 Å². The van der Waals surface area contributed by atoms with E-state index in [9.17, 15) is 5.11 Å². The van der Waals surface area contributed by atoms with Crippen LogP contribution in [-0.2, 0) is 5.41 Å². The minimum atomic E-state index is 0. The molecule has 0 aliphatic carbocycles. The third-order valence-electron chi connectivity index (χ3n) is 1.71. The molecule has 0 radical (unpaired) electrons. The number of benzene rings is 1. The van der Waals surface area contributed by atoms with Gasteiger partial charge >= 0.3 is 37.7 Å². The summed E-state index contributed by atoms with van der Waals surface area (Å²) in [6.07, 6.45) is 0. The molecule has 12 heavy (non-hydrogen) atoms. The van der Waals surface area contributed by atoms with Crippen molar-refractivity contribution in [3.05, 3.63) is 29.8 Å². The van der Waals surface area contributed by atoms with Crippen LogP contribution < -0.4 is 0 Å². The molecule has 0 aliphatic heterocycles. The predicted octanol–water partition coefficient (Wildman–Crippen LogP) is 1.77. The summed E-state index contributed by atoms with van der Waals surface area (Å²) < 4.78 is 0. The summed E-state index contributed by atoms with van der Waals surface area (Å²) in [7, 11) is 0. The number of rotatable bonds is 0. The van der Waals surface area contributed by atoms with Gasteiger partial charge in [0.25, 0.3) is 0 Å². The first-order chi connectivity index (χ1) is 5.02. The third-order valence-corrected chi connectivity index (χ3v) is 1.71. The second-order valence-corrected chi connectivity index (χ2v) is 3.77. The number of aromatic hydroxyl groups is 1. The molecular weight excluding hydrogens is 176 g/mol. The molecule has 0 saturated carbocycles. The number of para-hydroxylation sites is 1. The zero-order chi connectivity index (χ0) is 8.48. The van der Waals surface area contributed by atoms with Gasteiger partial charge in [-0.2, -0.15) is 0 Å². The van der Waals surface area contributed by atoms with E-state index >= 15 is 0 Å². The topological polar surface area (TPSA) is 20.2 Å². The van der Waals surface area contributed by atoms with Crippen LogP contribution in [0.15, 0.2) is 24.3 Å². The van der Waals surface area contributed by atoms with Gasteiger partial charge in [0.05, 0.1) is 0 Å².